The summed E-state index contributed by atoms with van der Waals surface area (Å²) >= 11 is 5.98. The number of amides is 2. The zero-order chi connectivity index (χ0) is 18.1. The van der Waals surface area contributed by atoms with Crippen LogP contribution in [0.15, 0.2) is 18.2 Å². The third kappa shape index (κ3) is 3.62. The van der Waals surface area contributed by atoms with E-state index in [0.29, 0.717) is 16.5 Å². The first-order valence-electron chi connectivity index (χ1n) is 7.35. The Morgan fingerprint density at radius 1 is 1.42 bits per heavy atom. The fraction of sp³-hybridized carbons (Fsp3) is 0.438. The van der Waals surface area contributed by atoms with Crippen LogP contribution in [0.4, 0.5) is 5.69 Å². The van der Waals surface area contributed by atoms with E-state index in [1.54, 1.807) is 18.2 Å². The van der Waals surface area contributed by atoms with Crippen molar-refractivity contribution in [3.8, 4) is 5.75 Å². The van der Waals surface area contributed by atoms with Gasteiger partial charge in [0.1, 0.15) is 11.3 Å². The van der Waals surface area contributed by atoms with E-state index in [1.165, 1.54) is 25.9 Å². The summed E-state index contributed by atoms with van der Waals surface area (Å²) in [5.74, 6) is -2.03. The second kappa shape index (κ2) is 6.68. The normalized spacial score (nSPS) is 17.8. The van der Waals surface area contributed by atoms with E-state index in [9.17, 15) is 14.4 Å². The van der Waals surface area contributed by atoms with Crippen LogP contribution in [0.25, 0.3) is 0 Å². The van der Waals surface area contributed by atoms with Gasteiger partial charge in [-0.1, -0.05) is 11.6 Å². The molecule has 7 nitrogen and oxygen atoms in total. The highest BCUT2D eigenvalue weighted by Crippen LogP contribution is 2.35. The molecule has 1 saturated heterocycles. The van der Waals surface area contributed by atoms with Crippen LogP contribution in [0.2, 0.25) is 5.02 Å². The zero-order valence-corrected chi connectivity index (χ0v) is 14.4. The largest absolute Gasteiger partial charge is 0.495 e. The first-order valence-corrected chi connectivity index (χ1v) is 7.73. The minimum Gasteiger partial charge on any atom is -0.495 e. The van der Waals surface area contributed by atoms with E-state index < -0.39 is 23.3 Å². The summed E-state index contributed by atoms with van der Waals surface area (Å²) in [6, 6.07) is 4.88. The Morgan fingerprint density at radius 3 is 2.67 bits per heavy atom. The SMILES string of the molecule is COc1ccc(Cl)cc1N1CC(C(=O)NC(C)(C)C(=O)O)CC1=O. The number of methoxy groups -OCH3 is 1. The van der Waals surface area contributed by atoms with Crippen molar-refractivity contribution in [2.75, 3.05) is 18.6 Å². The van der Waals surface area contributed by atoms with Gasteiger partial charge in [0, 0.05) is 18.0 Å². The van der Waals surface area contributed by atoms with Crippen LogP contribution in [0.5, 0.6) is 5.75 Å². The summed E-state index contributed by atoms with van der Waals surface area (Å²) in [5, 5.41) is 12.0. The van der Waals surface area contributed by atoms with Crippen LogP contribution in [0.1, 0.15) is 20.3 Å². The van der Waals surface area contributed by atoms with E-state index in [0.717, 1.165) is 0 Å². The molecular formula is C16H19ClN2O5. The lowest BCUT2D eigenvalue weighted by Gasteiger charge is -2.23. The second-order valence-corrected chi connectivity index (χ2v) is 6.58. The van der Waals surface area contributed by atoms with Crippen molar-refractivity contribution in [1.29, 1.82) is 0 Å². The molecule has 0 saturated carbocycles. The molecule has 0 radical (unpaired) electrons. The van der Waals surface area contributed by atoms with Gasteiger partial charge in [0.15, 0.2) is 0 Å². The van der Waals surface area contributed by atoms with Crippen molar-refractivity contribution in [2.24, 2.45) is 5.92 Å². The van der Waals surface area contributed by atoms with E-state index >= 15 is 0 Å². The summed E-state index contributed by atoms with van der Waals surface area (Å²) < 4.78 is 5.24. The van der Waals surface area contributed by atoms with Gasteiger partial charge in [0.05, 0.1) is 18.7 Å². The topological polar surface area (TPSA) is 95.9 Å². The molecule has 2 N–H and O–H groups in total. The molecule has 1 aromatic carbocycles. The fourth-order valence-corrected chi connectivity index (χ4v) is 2.62. The van der Waals surface area contributed by atoms with Crippen molar-refractivity contribution in [3.05, 3.63) is 23.2 Å². The number of rotatable bonds is 5. The zero-order valence-electron chi connectivity index (χ0n) is 13.6. The van der Waals surface area contributed by atoms with Crippen molar-refractivity contribution in [2.45, 2.75) is 25.8 Å². The Hall–Kier alpha value is -2.28. The predicted molar refractivity (Wildman–Crippen MR) is 88.3 cm³/mol. The third-order valence-electron chi connectivity index (χ3n) is 3.90. The number of benzene rings is 1. The average molecular weight is 355 g/mol. The summed E-state index contributed by atoms with van der Waals surface area (Å²) in [7, 11) is 1.48. The smallest absolute Gasteiger partial charge is 0.328 e. The molecule has 1 heterocycles. The van der Waals surface area contributed by atoms with Gasteiger partial charge >= 0.3 is 5.97 Å². The predicted octanol–water partition coefficient (Wildman–Crippen LogP) is 1.68. The van der Waals surface area contributed by atoms with Gasteiger partial charge in [-0.25, -0.2) is 4.79 Å². The molecule has 1 aromatic rings. The molecule has 1 aliphatic rings. The van der Waals surface area contributed by atoms with Crippen molar-refractivity contribution in [1.82, 2.24) is 5.32 Å². The standard InChI is InChI=1S/C16H19ClN2O5/c1-16(2,15(22)23)18-14(21)9-6-13(20)19(8-9)11-7-10(17)4-5-12(11)24-3/h4-5,7,9H,6,8H2,1-3H3,(H,18,21)(H,22,23). The molecular weight excluding hydrogens is 336 g/mol. The molecule has 1 atom stereocenters. The monoisotopic (exact) mass is 354 g/mol. The number of ether oxygens (including phenoxy) is 1. The lowest BCUT2D eigenvalue weighted by Crippen LogP contribution is -2.51. The van der Waals surface area contributed by atoms with Crippen molar-refractivity contribution < 1.29 is 24.2 Å². The lowest BCUT2D eigenvalue weighted by atomic mass is 10.0. The summed E-state index contributed by atoms with van der Waals surface area (Å²) in [5.41, 5.74) is -0.913. The Balaban J connectivity index is 2.18. The molecule has 0 aliphatic carbocycles. The molecule has 1 aliphatic heterocycles. The molecule has 0 aromatic heterocycles. The van der Waals surface area contributed by atoms with Crippen molar-refractivity contribution >= 4 is 35.1 Å². The molecule has 130 valence electrons. The van der Waals surface area contributed by atoms with Gasteiger partial charge in [-0.15, -0.1) is 0 Å². The number of halogens is 1. The van der Waals surface area contributed by atoms with E-state index in [4.69, 9.17) is 21.4 Å². The number of hydrogen-bond donors (Lipinski definition) is 2. The minimum atomic E-state index is -1.40. The molecule has 24 heavy (non-hydrogen) atoms. The molecule has 0 bridgehead atoms. The van der Waals surface area contributed by atoms with Crippen LogP contribution < -0.4 is 15.0 Å². The molecule has 0 spiro atoms. The van der Waals surface area contributed by atoms with Gasteiger partial charge in [-0.05, 0) is 32.0 Å². The highest BCUT2D eigenvalue weighted by molar-refractivity contribution is 6.31. The molecule has 2 rings (SSSR count). The highest BCUT2D eigenvalue weighted by Gasteiger charge is 2.39. The maximum absolute atomic E-state index is 12.3. The summed E-state index contributed by atoms with van der Waals surface area (Å²) in [6.45, 7) is 2.92. The van der Waals surface area contributed by atoms with E-state index in [-0.39, 0.29) is 18.9 Å². The highest BCUT2D eigenvalue weighted by atomic mass is 35.5. The number of nitrogens with zero attached hydrogens (tertiary/aromatic N) is 1. The first-order chi connectivity index (χ1) is 11.2. The first kappa shape index (κ1) is 18.1. The summed E-state index contributed by atoms with van der Waals surface area (Å²) in [6.07, 6.45) is -0.00278. The number of nitrogens with one attached hydrogen (secondary N) is 1. The second-order valence-electron chi connectivity index (χ2n) is 6.14. The number of carboxylic acids is 1. The number of aliphatic carboxylic acids is 1. The van der Waals surface area contributed by atoms with Crippen LogP contribution >= 0.6 is 11.6 Å². The van der Waals surface area contributed by atoms with E-state index in [2.05, 4.69) is 5.32 Å². The van der Waals surface area contributed by atoms with Gasteiger partial charge in [-0.2, -0.15) is 0 Å². The molecule has 8 heteroatoms. The maximum atomic E-state index is 12.3. The number of carbonyl (C=O) groups excluding carboxylic acids is 2. The minimum absolute atomic E-state index is 0.00278. The van der Waals surface area contributed by atoms with Gasteiger partial charge in [0.2, 0.25) is 11.8 Å². The van der Waals surface area contributed by atoms with Crippen molar-refractivity contribution in [3.63, 3.8) is 0 Å². The lowest BCUT2D eigenvalue weighted by molar-refractivity contribution is -0.146. The quantitative estimate of drug-likeness (QED) is 0.838. The number of carboxylic acid groups (broad SMARTS) is 1. The van der Waals surface area contributed by atoms with Crippen LogP contribution in [-0.2, 0) is 14.4 Å². The Morgan fingerprint density at radius 2 is 2.08 bits per heavy atom. The maximum Gasteiger partial charge on any atom is 0.328 e. The van der Waals surface area contributed by atoms with Crippen LogP contribution in [-0.4, -0.2) is 42.1 Å². The van der Waals surface area contributed by atoms with E-state index in [1.807, 2.05) is 0 Å². The molecule has 1 unspecified atom stereocenters. The Bertz CT molecular complexity index is 689. The fourth-order valence-electron chi connectivity index (χ4n) is 2.45. The van der Waals surface area contributed by atoms with Gasteiger partial charge < -0.3 is 20.1 Å². The third-order valence-corrected chi connectivity index (χ3v) is 4.13. The van der Waals surface area contributed by atoms with Crippen LogP contribution in [0.3, 0.4) is 0 Å². The summed E-state index contributed by atoms with van der Waals surface area (Å²) in [4.78, 5) is 37.2. The van der Waals surface area contributed by atoms with Gasteiger partial charge in [0.25, 0.3) is 0 Å². The van der Waals surface area contributed by atoms with Gasteiger partial charge in [-0.3, -0.25) is 9.59 Å². The number of carbonyl (C=O) groups is 3. The van der Waals surface area contributed by atoms with Crippen LogP contribution in [0, 0.1) is 5.92 Å². The molecule has 1 fully saturated rings. The number of hydrogen-bond acceptors (Lipinski definition) is 4. The average Bonchev–Trinajstić information content (AvgIpc) is 2.88. The Kier molecular flexibility index (Phi) is 5.03. The Labute approximate surface area is 144 Å². The number of anilines is 1. The molecule has 2 amide bonds.